The molecule has 0 spiro atoms. The van der Waals surface area contributed by atoms with Gasteiger partial charge in [0.1, 0.15) is 11.9 Å². The molecule has 1 aliphatic heterocycles. The molecule has 0 N–H and O–H groups in total. The van der Waals surface area contributed by atoms with E-state index >= 15 is 0 Å². The molecule has 2 saturated carbocycles. The molecule has 2 aliphatic carbocycles. The highest BCUT2D eigenvalue weighted by Gasteiger charge is 2.37. The lowest BCUT2D eigenvalue weighted by Crippen LogP contribution is -2.51. The first-order valence-corrected chi connectivity index (χ1v) is 9.05. The Morgan fingerprint density at radius 1 is 1.00 bits per heavy atom. The molecule has 0 aromatic carbocycles. The molecule has 3 aliphatic rings. The fourth-order valence-corrected chi connectivity index (χ4v) is 3.38. The number of aromatic nitrogens is 3. The lowest BCUT2D eigenvalue weighted by atomic mass is 10.2. The molecule has 2 heterocycles. The van der Waals surface area contributed by atoms with Gasteiger partial charge in [0.05, 0.1) is 0 Å². The Morgan fingerprint density at radius 3 is 2.12 bits per heavy atom. The zero-order chi connectivity index (χ0) is 16.8. The molecule has 1 saturated heterocycles. The Bertz CT molecular complexity index is 654. The molecule has 4 rings (SSSR count). The monoisotopic (exact) mass is 331 g/mol. The number of carbonyl (C=O) groups is 2. The third-order valence-electron chi connectivity index (χ3n) is 5.32. The second-order valence-electron chi connectivity index (χ2n) is 7.33. The van der Waals surface area contributed by atoms with Gasteiger partial charge >= 0.3 is 0 Å². The zero-order valence-corrected chi connectivity index (χ0v) is 14.4. The quantitative estimate of drug-likeness (QED) is 0.833. The van der Waals surface area contributed by atoms with Crippen molar-refractivity contribution < 1.29 is 9.59 Å². The first-order valence-electron chi connectivity index (χ1n) is 9.05. The minimum Gasteiger partial charge on any atom is -0.339 e. The van der Waals surface area contributed by atoms with Crippen molar-refractivity contribution in [3.05, 3.63) is 11.6 Å². The van der Waals surface area contributed by atoms with E-state index in [1.54, 1.807) is 11.8 Å². The molecular weight excluding hydrogens is 306 g/mol. The average molecular weight is 331 g/mol. The molecule has 2 amide bonds. The van der Waals surface area contributed by atoms with E-state index in [0.717, 1.165) is 24.5 Å². The van der Waals surface area contributed by atoms with Gasteiger partial charge in [0.15, 0.2) is 5.82 Å². The van der Waals surface area contributed by atoms with Crippen LogP contribution in [0.5, 0.6) is 0 Å². The zero-order valence-electron chi connectivity index (χ0n) is 14.4. The molecule has 3 fully saturated rings. The Balaban J connectivity index is 1.48. The molecular formula is C17H25N5O2. The van der Waals surface area contributed by atoms with E-state index in [4.69, 9.17) is 4.98 Å². The molecule has 1 aromatic rings. The minimum absolute atomic E-state index is 0.0801. The first-order chi connectivity index (χ1) is 11.5. The van der Waals surface area contributed by atoms with Crippen LogP contribution < -0.4 is 0 Å². The molecule has 0 bridgehead atoms. The molecule has 1 aromatic heterocycles. The van der Waals surface area contributed by atoms with Crippen LogP contribution in [0, 0.1) is 0 Å². The summed E-state index contributed by atoms with van der Waals surface area (Å²) >= 11 is 0. The third-order valence-corrected chi connectivity index (χ3v) is 5.32. The van der Waals surface area contributed by atoms with Crippen LogP contribution in [-0.2, 0) is 9.59 Å². The lowest BCUT2D eigenvalue weighted by Gasteiger charge is -2.35. The topological polar surface area (TPSA) is 71.3 Å². The Labute approximate surface area is 142 Å². The van der Waals surface area contributed by atoms with Crippen LogP contribution in [0.3, 0.4) is 0 Å². The van der Waals surface area contributed by atoms with Crippen molar-refractivity contribution in [2.45, 2.75) is 57.4 Å². The maximum atomic E-state index is 12.9. The molecule has 1 unspecified atom stereocenters. The van der Waals surface area contributed by atoms with Crippen LogP contribution in [0.15, 0.2) is 0 Å². The van der Waals surface area contributed by atoms with Crippen molar-refractivity contribution >= 4 is 11.8 Å². The van der Waals surface area contributed by atoms with Crippen LogP contribution in [0.4, 0.5) is 0 Å². The summed E-state index contributed by atoms with van der Waals surface area (Å²) in [6.45, 7) is 5.95. The van der Waals surface area contributed by atoms with E-state index in [-0.39, 0.29) is 17.9 Å². The summed E-state index contributed by atoms with van der Waals surface area (Å²) in [6.07, 6.45) is 4.65. The van der Waals surface area contributed by atoms with E-state index in [1.807, 2.05) is 16.5 Å². The predicted molar refractivity (Wildman–Crippen MR) is 87.5 cm³/mol. The molecule has 1 atom stereocenters. The third kappa shape index (κ3) is 2.91. The van der Waals surface area contributed by atoms with E-state index in [1.165, 1.54) is 12.8 Å². The van der Waals surface area contributed by atoms with Gasteiger partial charge in [-0.3, -0.25) is 9.59 Å². The summed E-state index contributed by atoms with van der Waals surface area (Å²) in [5.41, 5.74) is 0. The molecule has 7 heteroatoms. The minimum atomic E-state index is -0.315. The summed E-state index contributed by atoms with van der Waals surface area (Å²) in [5, 5.41) is 4.69. The van der Waals surface area contributed by atoms with Gasteiger partial charge in [0.25, 0.3) is 0 Å². The number of hydrogen-bond acceptors (Lipinski definition) is 4. The van der Waals surface area contributed by atoms with Gasteiger partial charge in [-0.15, -0.1) is 0 Å². The fraction of sp³-hybridized carbons (Fsp3) is 0.765. The highest BCUT2D eigenvalue weighted by molar-refractivity contribution is 5.80. The van der Waals surface area contributed by atoms with Crippen molar-refractivity contribution in [2.75, 3.05) is 26.2 Å². The van der Waals surface area contributed by atoms with Gasteiger partial charge in [-0.2, -0.15) is 5.10 Å². The predicted octanol–water partition coefficient (Wildman–Crippen LogP) is 1.28. The van der Waals surface area contributed by atoms with Crippen molar-refractivity contribution in [2.24, 2.45) is 0 Å². The largest absolute Gasteiger partial charge is 0.339 e. The Hall–Kier alpha value is -1.92. The van der Waals surface area contributed by atoms with Crippen molar-refractivity contribution in [1.82, 2.24) is 24.6 Å². The van der Waals surface area contributed by atoms with Gasteiger partial charge in [0, 0.05) is 44.9 Å². The number of nitrogens with zero attached hydrogens (tertiary/aromatic N) is 5. The summed E-state index contributed by atoms with van der Waals surface area (Å²) in [4.78, 5) is 32.7. The van der Waals surface area contributed by atoms with E-state index in [0.29, 0.717) is 38.0 Å². The number of amides is 2. The van der Waals surface area contributed by atoms with Crippen LogP contribution >= 0.6 is 0 Å². The van der Waals surface area contributed by atoms with E-state index < -0.39 is 0 Å². The Kier molecular flexibility index (Phi) is 3.81. The normalized spacial score (nSPS) is 22.6. The lowest BCUT2D eigenvalue weighted by molar-refractivity contribution is -0.140. The molecule has 0 radical (unpaired) electrons. The van der Waals surface area contributed by atoms with Gasteiger partial charge in [-0.1, -0.05) is 0 Å². The number of carbonyl (C=O) groups excluding carboxylic acids is 2. The van der Waals surface area contributed by atoms with Gasteiger partial charge in [-0.25, -0.2) is 9.67 Å². The molecule has 130 valence electrons. The van der Waals surface area contributed by atoms with Crippen molar-refractivity contribution in [3.8, 4) is 0 Å². The second kappa shape index (κ2) is 5.86. The van der Waals surface area contributed by atoms with Gasteiger partial charge in [0.2, 0.25) is 11.8 Å². The van der Waals surface area contributed by atoms with Crippen LogP contribution in [0.25, 0.3) is 0 Å². The Morgan fingerprint density at radius 2 is 1.58 bits per heavy atom. The second-order valence-corrected chi connectivity index (χ2v) is 7.33. The maximum Gasteiger partial charge on any atom is 0.247 e. The van der Waals surface area contributed by atoms with Crippen LogP contribution in [0.2, 0.25) is 0 Å². The SMILES string of the molecule is CC(=O)N1CCN(C(=O)C(C)n2nc(C3CC3)nc2C2CC2)CC1. The summed E-state index contributed by atoms with van der Waals surface area (Å²) in [6, 6.07) is -0.315. The number of rotatable bonds is 4. The number of hydrogen-bond donors (Lipinski definition) is 0. The van der Waals surface area contributed by atoms with Gasteiger partial charge in [-0.05, 0) is 32.6 Å². The summed E-state index contributed by atoms with van der Waals surface area (Å²) in [7, 11) is 0. The highest BCUT2D eigenvalue weighted by atomic mass is 16.2. The van der Waals surface area contributed by atoms with Crippen molar-refractivity contribution in [1.29, 1.82) is 0 Å². The standard InChI is InChI=1S/C17H25N5O2/c1-11(17(24)21-9-7-20(8-10-21)12(2)23)22-16(14-5-6-14)18-15(19-22)13-3-4-13/h11,13-14H,3-10H2,1-2H3. The van der Waals surface area contributed by atoms with Gasteiger partial charge < -0.3 is 9.80 Å². The van der Waals surface area contributed by atoms with Crippen LogP contribution in [-0.4, -0.2) is 62.6 Å². The molecule has 24 heavy (non-hydrogen) atoms. The average Bonchev–Trinajstić information content (AvgIpc) is 3.52. The molecule has 7 nitrogen and oxygen atoms in total. The maximum absolute atomic E-state index is 12.9. The van der Waals surface area contributed by atoms with Crippen molar-refractivity contribution in [3.63, 3.8) is 0 Å². The number of piperazine rings is 1. The highest BCUT2D eigenvalue weighted by Crippen LogP contribution is 2.43. The fourth-order valence-electron chi connectivity index (χ4n) is 3.38. The van der Waals surface area contributed by atoms with E-state index in [9.17, 15) is 9.59 Å². The summed E-state index contributed by atoms with van der Waals surface area (Å²) in [5.74, 6) is 3.09. The van der Waals surface area contributed by atoms with Crippen LogP contribution in [0.1, 0.15) is 69.1 Å². The van der Waals surface area contributed by atoms with E-state index in [2.05, 4.69) is 5.10 Å². The smallest absolute Gasteiger partial charge is 0.247 e. The summed E-state index contributed by atoms with van der Waals surface area (Å²) < 4.78 is 1.88. The first kappa shape index (κ1) is 15.6.